The van der Waals surface area contributed by atoms with Gasteiger partial charge in [-0.05, 0) is 165 Å². The van der Waals surface area contributed by atoms with E-state index in [4.69, 9.17) is 42.9 Å². The van der Waals surface area contributed by atoms with Gasteiger partial charge in [0.1, 0.15) is 34.5 Å². The van der Waals surface area contributed by atoms with Gasteiger partial charge in [0.25, 0.3) is 0 Å². The molecule has 0 atom stereocenters. The molecule has 372 valence electrons. The Morgan fingerprint density at radius 2 is 0.528 bits per heavy atom. The second kappa shape index (κ2) is 25.0. The largest absolute Gasteiger partial charge is 0.494 e. The summed E-state index contributed by atoms with van der Waals surface area (Å²) in [6.45, 7) is 7.86. The number of benzene rings is 6. The van der Waals surface area contributed by atoms with Gasteiger partial charge in [0, 0.05) is 0 Å². The Labute approximate surface area is 412 Å². The van der Waals surface area contributed by atoms with Gasteiger partial charge >= 0.3 is 35.0 Å². The predicted octanol–water partition coefficient (Wildman–Crippen LogP) is 8.89. The molecule has 0 fully saturated rings. The number of hydrogen-bond acceptors (Lipinski definition) is 15. The summed E-state index contributed by atoms with van der Waals surface area (Å²) in [5.41, 5.74) is -3.91. The van der Waals surface area contributed by atoms with Crippen LogP contribution in [0.25, 0.3) is 0 Å². The van der Waals surface area contributed by atoms with Crippen molar-refractivity contribution < 1.29 is 57.3 Å². The number of esters is 3. The highest BCUT2D eigenvalue weighted by molar-refractivity contribution is 5.92. The van der Waals surface area contributed by atoms with Gasteiger partial charge in [-0.3, -0.25) is 0 Å². The van der Waals surface area contributed by atoms with E-state index in [1.807, 2.05) is 0 Å². The van der Waals surface area contributed by atoms with Crippen LogP contribution in [0.3, 0.4) is 0 Å². The number of hydrogen-bond donors (Lipinski definition) is 0. The highest BCUT2D eigenvalue weighted by atomic mass is 16.7. The van der Waals surface area contributed by atoms with Gasteiger partial charge in [0.05, 0.1) is 36.5 Å². The third kappa shape index (κ3) is 13.8. The number of nitrogens with zero attached hydrogens (tertiary/aromatic N) is 3. The summed E-state index contributed by atoms with van der Waals surface area (Å²) in [4.78, 5) is 97.8. The minimum atomic E-state index is -1.40. The fraction of sp³-hybridized carbons (Fsp3) is 0.222. The molecule has 0 saturated carbocycles. The molecule has 7 aromatic rings. The monoisotopic (exact) mass is 981 g/mol. The van der Waals surface area contributed by atoms with Crippen LogP contribution in [0.5, 0.6) is 51.7 Å². The SMILES string of the molecule is CCCCOc1ccc(OC(=O)c2ccc(On3c(=O)n(Oc4ccc(C(=O)Oc5ccc(OCCCC)cc5)cc4)c(=O)n(Oc4ccc(C(=O)Oc5ccc(OCCCC)cc5)cc4)c3=O)cc2)cc1. The molecule has 0 aliphatic heterocycles. The molecule has 0 saturated heterocycles. The minimum Gasteiger partial charge on any atom is -0.494 e. The first-order valence-corrected chi connectivity index (χ1v) is 23.2. The molecule has 72 heavy (non-hydrogen) atoms. The zero-order valence-corrected chi connectivity index (χ0v) is 39.7. The maximum atomic E-state index is 13.9. The van der Waals surface area contributed by atoms with Crippen LogP contribution in [-0.4, -0.2) is 51.9 Å². The second-order valence-corrected chi connectivity index (χ2v) is 15.8. The van der Waals surface area contributed by atoms with Crippen LogP contribution in [0.4, 0.5) is 0 Å². The van der Waals surface area contributed by atoms with E-state index < -0.39 is 35.0 Å². The Morgan fingerprint density at radius 3 is 0.750 bits per heavy atom. The average molecular weight is 982 g/mol. The molecule has 1 aromatic heterocycles. The van der Waals surface area contributed by atoms with Crippen LogP contribution in [0, 0.1) is 0 Å². The first-order chi connectivity index (χ1) is 35.0. The van der Waals surface area contributed by atoms with Gasteiger partial charge in [-0.1, -0.05) is 54.2 Å². The third-order valence-electron chi connectivity index (χ3n) is 10.3. The van der Waals surface area contributed by atoms with Crippen LogP contribution >= 0.6 is 0 Å². The molecule has 0 unspecified atom stereocenters. The smallest absolute Gasteiger partial charge is 0.404 e. The van der Waals surface area contributed by atoms with Crippen LogP contribution < -0.4 is 60.0 Å². The Kier molecular flexibility index (Phi) is 17.6. The molecule has 7 rings (SSSR count). The molecule has 0 amide bonds. The highest BCUT2D eigenvalue weighted by Crippen LogP contribution is 2.23. The van der Waals surface area contributed by atoms with Crippen molar-refractivity contribution in [3.63, 3.8) is 0 Å². The number of aromatic nitrogens is 3. The third-order valence-corrected chi connectivity index (χ3v) is 10.3. The van der Waals surface area contributed by atoms with E-state index in [0.717, 1.165) is 38.5 Å². The van der Waals surface area contributed by atoms with E-state index in [1.54, 1.807) is 72.8 Å². The van der Waals surface area contributed by atoms with E-state index in [2.05, 4.69) is 20.8 Å². The van der Waals surface area contributed by atoms with Gasteiger partial charge < -0.3 is 42.9 Å². The lowest BCUT2D eigenvalue weighted by Crippen LogP contribution is -2.58. The number of carbonyl (C=O) groups excluding carboxylic acids is 3. The van der Waals surface area contributed by atoms with Gasteiger partial charge in [0.2, 0.25) is 0 Å². The van der Waals surface area contributed by atoms with E-state index in [0.29, 0.717) is 37.1 Å². The van der Waals surface area contributed by atoms with Crippen molar-refractivity contribution in [3.05, 3.63) is 194 Å². The average Bonchev–Trinajstić information content (AvgIpc) is 3.40. The Hall–Kier alpha value is -9.06. The van der Waals surface area contributed by atoms with Crippen LogP contribution in [0.1, 0.15) is 90.4 Å². The van der Waals surface area contributed by atoms with Crippen LogP contribution in [0.2, 0.25) is 0 Å². The molecule has 0 bridgehead atoms. The zero-order chi connectivity index (χ0) is 50.8. The lowest BCUT2D eigenvalue weighted by atomic mass is 10.2. The number of unbranched alkanes of at least 4 members (excludes halogenated alkanes) is 3. The Balaban J connectivity index is 1.10. The minimum absolute atomic E-state index is 0.0993. The Bertz CT molecular complexity index is 2730. The summed E-state index contributed by atoms with van der Waals surface area (Å²) in [6.07, 6.45) is 5.66. The summed E-state index contributed by atoms with van der Waals surface area (Å²) in [5, 5.41) is 0. The van der Waals surface area contributed by atoms with Crippen molar-refractivity contribution in [1.29, 1.82) is 0 Å². The van der Waals surface area contributed by atoms with E-state index in [9.17, 15) is 28.8 Å². The van der Waals surface area contributed by atoms with Crippen LogP contribution in [-0.2, 0) is 0 Å². The molecule has 0 aliphatic rings. The van der Waals surface area contributed by atoms with Crippen molar-refractivity contribution in [1.82, 2.24) is 14.2 Å². The van der Waals surface area contributed by atoms with Crippen molar-refractivity contribution in [3.8, 4) is 51.7 Å². The lowest BCUT2D eigenvalue weighted by Gasteiger charge is -2.15. The van der Waals surface area contributed by atoms with Gasteiger partial charge in [-0.2, -0.15) is 0 Å². The number of carbonyl (C=O) groups is 3. The van der Waals surface area contributed by atoms with Crippen molar-refractivity contribution in [2.24, 2.45) is 0 Å². The second-order valence-electron chi connectivity index (χ2n) is 15.8. The quantitative estimate of drug-likeness (QED) is 0.0315. The summed E-state index contributed by atoms with van der Waals surface area (Å²) in [7, 11) is 0. The summed E-state index contributed by atoms with van der Waals surface area (Å²) in [5.74, 6) is 0.190. The molecular formula is C54H51N3O15. The molecule has 0 N–H and O–H groups in total. The summed E-state index contributed by atoms with van der Waals surface area (Å²) < 4.78 is 34.0. The molecule has 0 aliphatic carbocycles. The van der Waals surface area contributed by atoms with E-state index in [-0.39, 0.29) is 65.4 Å². The molecule has 6 aromatic carbocycles. The fourth-order valence-corrected chi connectivity index (χ4v) is 6.31. The van der Waals surface area contributed by atoms with Crippen LogP contribution in [0.15, 0.2) is 160 Å². The maximum absolute atomic E-state index is 13.9. The summed E-state index contributed by atoms with van der Waals surface area (Å²) >= 11 is 0. The zero-order valence-electron chi connectivity index (χ0n) is 39.7. The normalized spacial score (nSPS) is 10.7. The van der Waals surface area contributed by atoms with Crippen molar-refractivity contribution in [2.45, 2.75) is 59.3 Å². The molecular weight excluding hydrogens is 931 g/mol. The molecule has 0 spiro atoms. The van der Waals surface area contributed by atoms with Gasteiger partial charge in [0.15, 0.2) is 17.2 Å². The Morgan fingerprint density at radius 1 is 0.319 bits per heavy atom. The predicted molar refractivity (Wildman–Crippen MR) is 262 cm³/mol. The maximum Gasteiger partial charge on any atom is 0.404 e. The topological polar surface area (TPSA) is 200 Å². The highest BCUT2D eigenvalue weighted by Gasteiger charge is 2.22. The molecule has 1 heterocycles. The fourth-order valence-electron chi connectivity index (χ4n) is 6.31. The first kappa shape index (κ1) is 50.8. The summed E-state index contributed by atoms with van der Waals surface area (Å²) in [6, 6.07) is 35.4. The van der Waals surface area contributed by atoms with Crippen molar-refractivity contribution >= 4 is 17.9 Å². The molecule has 18 heteroatoms. The first-order valence-electron chi connectivity index (χ1n) is 23.2. The van der Waals surface area contributed by atoms with E-state index >= 15 is 0 Å². The van der Waals surface area contributed by atoms with Gasteiger partial charge in [-0.15, -0.1) is 0 Å². The molecule has 0 radical (unpaired) electrons. The van der Waals surface area contributed by atoms with Crippen molar-refractivity contribution in [2.75, 3.05) is 19.8 Å². The standard InChI is InChI=1S/C54H51N3O15/c1-4-7-34-64-40-22-28-43(29-23-40)67-49(58)37-10-16-46(17-11-37)70-55-52(61)56(71-47-18-12-38(13-19-47)50(59)68-44-30-24-41(25-31-44)65-35-8-5-2)54(63)57(53(55)62)72-48-20-14-39(15-21-48)51(60)69-45-32-26-42(27-33-45)66-36-9-6-3/h10-33H,4-9,34-36H2,1-3H3. The van der Waals surface area contributed by atoms with Gasteiger partial charge in [-0.25, -0.2) is 28.8 Å². The molecule has 18 nitrogen and oxygen atoms in total. The van der Waals surface area contributed by atoms with E-state index in [1.165, 1.54) is 72.8 Å². The number of rotatable bonds is 24. The lowest BCUT2D eigenvalue weighted by molar-refractivity contribution is 0.0655. The number of ether oxygens (including phenoxy) is 6.